The van der Waals surface area contributed by atoms with E-state index in [1.807, 2.05) is 0 Å². The van der Waals surface area contributed by atoms with Crippen molar-refractivity contribution in [1.82, 2.24) is 15.1 Å². The molecule has 0 bridgehead atoms. The van der Waals surface area contributed by atoms with E-state index in [4.69, 9.17) is 0 Å². The molecule has 0 spiro atoms. The van der Waals surface area contributed by atoms with Gasteiger partial charge in [0.15, 0.2) is 0 Å². The van der Waals surface area contributed by atoms with Crippen LogP contribution < -0.4 is 0 Å². The van der Waals surface area contributed by atoms with Gasteiger partial charge in [-0.25, -0.2) is 0 Å². The summed E-state index contributed by atoms with van der Waals surface area (Å²) in [7, 11) is 0. The summed E-state index contributed by atoms with van der Waals surface area (Å²) >= 11 is 0. The van der Waals surface area contributed by atoms with Crippen LogP contribution in [-0.4, -0.2) is 28.2 Å². The van der Waals surface area contributed by atoms with Gasteiger partial charge in [-0.05, 0) is 57.2 Å². The number of likely N-dealkylation sites (tertiary alicyclic amines) is 1. The highest BCUT2D eigenvalue weighted by Gasteiger charge is 2.18. The van der Waals surface area contributed by atoms with Crippen LogP contribution in [0.5, 0.6) is 0 Å². The van der Waals surface area contributed by atoms with E-state index in [2.05, 4.69) is 39.4 Å². The Bertz CT molecular complexity index is 621. The minimum Gasteiger partial charge on any atom is -0.299 e. The van der Waals surface area contributed by atoms with Gasteiger partial charge in [0.05, 0.1) is 5.69 Å². The average Bonchev–Trinajstić information content (AvgIpc) is 3.01. The zero-order valence-electron chi connectivity index (χ0n) is 13.3. The van der Waals surface area contributed by atoms with Crippen molar-refractivity contribution in [3.63, 3.8) is 0 Å². The Kier molecular flexibility index (Phi) is 3.98. The number of nitrogens with zero attached hydrogens (tertiary/aromatic N) is 2. The fraction of sp³-hybridized carbons (Fsp3) is 0.526. The maximum absolute atomic E-state index is 4.58. The predicted octanol–water partition coefficient (Wildman–Crippen LogP) is 3.94. The van der Waals surface area contributed by atoms with E-state index in [1.54, 1.807) is 0 Å². The molecule has 1 N–H and O–H groups in total. The van der Waals surface area contributed by atoms with Crippen LogP contribution in [0.4, 0.5) is 0 Å². The molecule has 0 unspecified atom stereocenters. The number of aromatic nitrogens is 2. The fourth-order valence-electron chi connectivity index (χ4n) is 3.86. The summed E-state index contributed by atoms with van der Waals surface area (Å²) in [5, 5.41) is 7.82. The molecule has 116 valence electrons. The van der Waals surface area contributed by atoms with Crippen LogP contribution in [0.15, 0.2) is 24.3 Å². The van der Waals surface area contributed by atoms with Gasteiger partial charge in [-0.1, -0.05) is 30.7 Å². The highest BCUT2D eigenvalue weighted by Crippen LogP contribution is 2.29. The molecule has 1 aliphatic heterocycles. The van der Waals surface area contributed by atoms with Gasteiger partial charge < -0.3 is 0 Å². The standard InChI is InChI=1S/C19H25N3/c1-4-12-22(13-5-1)14-15-8-10-16(11-9-15)19-17-6-2-3-7-18(17)20-21-19/h8-11H,1-7,12-14H2,(H,20,21). The summed E-state index contributed by atoms with van der Waals surface area (Å²) in [6, 6.07) is 9.08. The Balaban J connectivity index is 1.50. The van der Waals surface area contributed by atoms with Crippen LogP contribution in [0.2, 0.25) is 0 Å². The molecule has 1 aromatic heterocycles. The monoisotopic (exact) mass is 295 g/mol. The average molecular weight is 295 g/mol. The third-order valence-electron chi connectivity index (χ3n) is 5.14. The Hall–Kier alpha value is -1.61. The third-order valence-corrected chi connectivity index (χ3v) is 5.14. The van der Waals surface area contributed by atoms with Crippen LogP contribution in [0.3, 0.4) is 0 Å². The number of aryl methyl sites for hydroxylation is 1. The van der Waals surface area contributed by atoms with Crippen LogP contribution in [0, 0.1) is 0 Å². The minimum absolute atomic E-state index is 1.10. The van der Waals surface area contributed by atoms with Crippen molar-refractivity contribution in [2.45, 2.75) is 51.5 Å². The number of H-pyrrole nitrogens is 1. The topological polar surface area (TPSA) is 31.9 Å². The highest BCUT2D eigenvalue weighted by molar-refractivity contribution is 5.64. The molecular formula is C19H25N3. The second-order valence-corrected chi connectivity index (χ2v) is 6.77. The molecule has 2 aromatic rings. The molecular weight excluding hydrogens is 270 g/mol. The van der Waals surface area contributed by atoms with Crippen molar-refractivity contribution >= 4 is 0 Å². The lowest BCUT2D eigenvalue weighted by Gasteiger charge is -2.26. The summed E-state index contributed by atoms with van der Waals surface area (Å²) in [6.45, 7) is 3.61. The molecule has 2 aliphatic rings. The summed E-state index contributed by atoms with van der Waals surface area (Å²) in [4.78, 5) is 2.58. The van der Waals surface area contributed by atoms with Gasteiger partial charge in [0.25, 0.3) is 0 Å². The van der Waals surface area contributed by atoms with E-state index in [9.17, 15) is 0 Å². The quantitative estimate of drug-likeness (QED) is 0.930. The van der Waals surface area contributed by atoms with Crippen molar-refractivity contribution in [3.8, 4) is 11.3 Å². The number of nitrogens with one attached hydrogen (secondary N) is 1. The molecule has 2 heterocycles. The normalized spacial score (nSPS) is 19.1. The lowest BCUT2D eigenvalue weighted by atomic mass is 9.93. The number of benzene rings is 1. The number of aromatic amines is 1. The van der Waals surface area contributed by atoms with Crippen LogP contribution in [-0.2, 0) is 19.4 Å². The van der Waals surface area contributed by atoms with Crippen molar-refractivity contribution in [2.75, 3.05) is 13.1 Å². The molecule has 1 aromatic carbocycles. The number of hydrogen-bond acceptors (Lipinski definition) is 2. The lowest BCUT2D eigenvalue weighted by Crippen LogP contribution is -2.28. The summed E-state index contributed by atoms with van der Waals surface area (Å²) in [5.74, 6) is 0. The van der Waals surface area contributed by atoms with Crippen molar-refractivity contribution < 1.29 is 0 Å². The molecule has 0 radical (unpaired) electrons. The van der Waals surface area contributed by atoms with E-state index in [0.29, 0.717) is 0 Å². The molecule has 22 heavy (non-hydrogen) atoms. The molecule has 4 rings (SSSR count). The van der Waals surface area contributed by atoms with E-state index in [1.165, 1.54) is 79.7 Å². The molecule has 1 saturated heterocycles. The van der Waals surface area contributed by atoms with Gasteiger partial charge in [0.1, 0.15) is 0 Å². The van der Waals surface area contributed by atoms with Crippen LogP contribution in [0.1, 0.15) is 48.9 Å². The largest absolute Gasteiger partial charge is 0.299 e. The molecule has 1 fully saturated rings. The van der Waals surface area contributed by atoms with Crippen molar-refractivity contribution in [1.29, 1.82) is 0 Å². The first kappa shape index (κ1) is 14.0. The molecule has 3 nitrogen and oxygen atoms in total. The smallest absolute Gasteiger partial charge is 0.0955 e. The van der Waals surface area contributed by atoms with Gasteiger partial charge in [0, 0.05) is 23.4 Å². The summed E-state index contributed by atoms with van der Waals surface area (Å²) < 4.78 is 0. The van der Waals surface area contributed by atoms with Gasteiger partial charge in [-0.15, -0.1) is 0 Å². The van der Waals surface area contributed by atoms with Crippen molar-refractivity contribution in [2.24, 2.45) is 0 Å². The van der Waals surface area contributed by atoms with Gasteiger partial charge in [-0.2, -0.15) is 5.10 Å². The molecule has 0 atom stereocenters. The number of hydrogen-bond donors (Lipinski definition) is 1. The Morgan fingerprint density at radius 3 is 2.50 bits per heavy atom. The SMILES string of the molecule is c1cc(-c2n[nH]c3c2CCCC3)ccc1CN1CCCCC1. The predicted molar refractivity (Wildman–Crippen MR) is 89.8 cm³/mol. The third kappa shape index (κ3) is 2.82. The van der Waals surface area contributed by atoms with Crippen LogP contribution >= 0.6 is 0 Å². The maximum atomic E-state index is 4.58. The van der Waals surface area contributed by atoms with Gasteiger partial charge in [-0.3, -0.25) is 10.00 Å². The zero-order chi connectivity index (χ0) is 14.8. The van der Waals surface area contributed by atoms with E-state index >= 15 is 0 Å². The molecule has 0 amide bonds. The first-order valence-electron chi connectivity index (χ1n) is 8.78. The Morgan fingerprint density at radius 2 is 1.68 bits per heavy atom. The van der Waals surface area contributed by atoms with E-state index < -0.39 is 0 Å². The Morgan fingerprint density at radius 1 is 0.909 bits per heavy atom. The molecule has 0 saturated carbocycles. The Labute approximate surface area is 132 Å². The van der Waals surface area contributed by atoms with E-state index in [-0.39, 0.29) is 0 Å². The summed E-state index contributed by atoms with van der Waals surface area (Å²) in [5.41, 5.74) is 6.68. The summed E-state index contributed by atoms with van der Waals surface area (Å²) in [6.07, 6.45) is 9.05. The zero-order valence-corrected chi connectivity index (χ0v) is 13.3. The number of rotatable bonds is 3. The first-order chi connectivity index (χ1) is 10.9. The molecule has 1 aliphatic carbocycles. The second kappa shape index (κ2) is 6.25. The first-order valence-corrected chi connectivity index (χ1v) is 8.78. The van der Waals surface area contributed by atoms with Gasteiger partial charge in [0.2, 0.25) is 0 Å². The maximum Gasteiger partial charge on any atom is 0.0955 e. The van der Waals surface area contributed by atoms with Crippen molar-refractivity contribution in [3.05, 3.63) is 41.1 Å². The fourth-order valence-corrected chi connectivity index (χ4v) is 3.86. The number of piperidine rings is 1. The van der Waals surface area contributed by atoms with Gasteiger partial charge >= 0.3 is 0 Å². The molecule has 3 heteroatoms. The second-order valence-electron chi connectivity index (χ2n) is 6.77. The lowest BCUT2D eigenvalue weighted by molar-refractivity contribution is 0.221. The minimum atomic E-state index is 1.10. The van der Waals surface area contributed by atoms with Crippen LogP contribution in [0.25, 0.3) is 11.3 Å². The highest BCUT2D eigenvalue weighted by atomic mass is 15.1. The number of fused-ring (bicyclic) bond motifs is 1. The van der Waals surface area contributed by atoms with E-state index in [0.717, 1.165) is 13.0 Å².